The maximum Gasteiger partial charge on any atom is 0.330 e. The number of carbonyl (C=O) groups excluding carboxylic acids is 1. The predicted molar refractivity (Wildman–Crippen MR) is 96.2 cm³/mol. The van der Waals surface area contributed by atoms with Gasteiger partial charge in [0.05, 0.1) is 12.3 Å². The van der Waals surface area contributed by atoms with E-state index in [1.807, 2.05) is 6.07 Å². The summed E-state index contributed by atoms with van der Waals surface area (Å²) in [5.74, 6) is -0.711. The van der Waals surface area contributed by atoms with Crippen molar-refractivity contribution in [3.8, 4) is 0 Å². The van der Waals surface area contributed by atoms with Crippen molar-refractivity contribution >= 4 is 34.5 Å². The fourth-order valence-electron chi connectivity index (χ4n) is 2.45. The maximum absolute atomic E-state index is 13.8. The minimum atomic E-state index is -0.427. The third-order valence-corrected chi connectivity index (χ3v) is 3.74. The molecular weight excluding hydrogens is 321 g/mol. The minimum Gasteiger partial charge on any atom is -0.463 e. The van der Waals surface area contributed by atoms with Gasteiger partial charge in [0.1, 0.15) is 11.5 Å². The number of hydrogen-bond donors (Lipinski definition) is 2. The number of esters is 1. The SMILES string of the molecule is CCOC(=O)/C=C/c1cnc2[nH]ccc2c1Nc1ccc(C)c(F)c1. The summed E-state index contributed by atoms with van der Waals surface area (Å²) in [5, 5.41) is 4.06. The number of aryl methyl sites for hydroxylation is 1. The van der Waals surface area contributed by atoms with E-state index < -0.39 is 5.97 Å². The van der Waals surface area contributed by atoms with E-state index >= 15 is 0 Å². The van der Waals surface area contributed by atoms with Gasteiger partial charge in [-0.25, -0.2) is 14.2 Å². The average Bonchev–Trinajstić information content (AvgIpc) is 3.06. The highest BCUT2D eigenvalue weighted by Gasteiger charge is 2.10. The molecule has 0 saturated heterocycles. The summed E-state index contributed by atoms with van der Waals surface area (Å²) in [5.41, 5.74) is 3.32. The standard InChI is InChI=1S/C19H18FN3O2/c1-3-25-17(24)7-5-13-11-22-19-15(8-9-21-19)18(13)23-14-6-4-12(2)16(20)10-14/h4-11H,3H2,1-2H3,(H2,21,22,23)/b7-5+. The number of anilines is 2. The maximum atomic E-state index is 13.8. The number of ether oxygens (including phenoxy) is 1. The number of benzene rings is 1. The number of carbonyl (C=O) groups is 1. The summed E-state index contributed by atoms with van der Waals surface area (Å²) in [4.78, 5) is 18.9. The van der Waals surface area contributed by atoms with E-state index in [0.29, 0.717) is 29.1 Å². The van der Waals surface area contributed by atoms with Crippen molar-refractivity contribution in [2.75, 3.05) is 11.9 Å². The summed E-state index contributed by atoms with van der Waals surface area (Å²) < 4.78 is 18.7. The van der Waals surface area contributed by atoms with Crippen molar-refractivity contribution in [1.82, 2.24) is 9.97 Å². The first kappa shape index (κ1) is 16.7. The second kappa shape index (κ2) is 7.17. The van der Waals surface area contributed by atoms with Crippen LogP contribution in [0.3, 0.4) is 0 Å². The van der Waals surface area contributed by atoms with Gasteiger partial charge in [-0.1, -0.05) is 6.07 Å². The first-order valence-corrected chi connectivity index (χ1v) is 7.92. The third kappa shape index (κ3) is 3.68. The molecule has 6 heteroatoms. The van der Waals surface area contributed by atoms with Crippen LogP contribution < -0.4 is 5.32 Å². The first-order chi connectivity index (χ1) is 12.1. The van der Waals surface area contributed by atoms with Crippen LogP contribution in [0, 0.1) is 12.7 Å². The molecule has 3 rings (SSSR count). The monoisotopic (exact) mass is 339 g/mol. The number of rotatable bonds is 5. The molecule has 0 radical (unpaired) electrons. The predicted octanol–water partition coefficient (Wildman–Crippen LogP) is 4.33. The van der Waals surface area contributed by atoms with Crippen molar-refractivity contribution in [2.24, 2.45) is 0 Å². The normalized spacial score (nSPS) is 11.2. The molecule has 0 unspecified atom stereocenters. The summed E-state index contributed by atoms with van der Waals surface area (Å²) in [6.07, 6.45) is 6.39. The van der Waals surface area contributed by atoms with E-state index in [4.69, 9.17) is 4.74 Å². The average molecular weight is 339 g/mol. The van der Waals surface area contributed by atoms with Gasteiger partial charge in [-0.2, -0.15) is 0 Å². The lowest BCUT2D eigenvalue weighted by atomic mass is 10.1. The Bertz CT molecular complexity index is 947. The minimum absolute atomic E-state index is 0.284. The summed E-state index contributed by atoms with van der Waals surface area (Å²) >= 11 is 0. The van der Waals surface area contributed by atoms with Crippen molar-refractivity contribution in [3.63, 3.8) is 0 Å². The smallest absolute Gasteiger partial charge is 0.330 e. The molecule has 2 heterocycles. The zero-order valence-corrected chi connectivity index (χ0v) is 14.0. The Balaban J connectivity index is 2.01. The van der Waals surface area contributed by atoms with E-state index in [0.717, 1.165) is 11.1 Å². The van der Waals surface area contributed by atoms with Crippen LogP contribution in [0.25, 0.3) is 17.1 Å². The summed E-state index contributed by atoms with van der Waals surface area (Å²) in [6, 6.07) is 6.82. The van der Waals surface area contributed by atoms with Crippen LogP contribution in [-0.4, -0.2) is 22.5 Å². The largest absolute Gasteiger partial charge is 0.463 e. The van der Waals surface area contributed by atoms with Crippen LogP contribution in [0.1, 0.15) is 18.1 Å². The molecule has 128 valence electrons. The number of nitrogens with zero attached hydrogens (tertiary/aromatic N) is 1. The molecule has 5 nitrogen and oxygen atoms in total. The molecule has 2 aromatic heterocycles. The highest BCUT2D eigenvalue weighted by Crippen LogP contribution is 2.30. The lowest BCUT2D eigenvalue weighted by Gasteiger charge is -2.12. The Morgan fingerprint density at radius 2 is 2.24 bits per heavy atom. The van der Waals surface area contributed by atoms with Gasteiger partial charge in [-0.05, 0) is 43.7 Å². The molecule has 1 aromatic carbocycles. The Morgan fingerprint density at radius 1 is 1.40 bits per heavy atom. The van der Waals surface area contributed by atoms with Gasteiger partial charge in [-0.3, -0.25) is 0 Å². The Hall–Kier alpha value is -3.15. The van der Waals surface area contributed by atoms with Crippen molar-refractivity contribution in [3.05, 3.63) is 59.7 Å². The molecule has 0 aliphatic carbocycles. The van der Waals surface area contributed by atoms with Crippen LogP contribution in [0.15, 0.2) is 42.7 Å². The molecular formula is C19H18FN3O2. The number of aromatic nitrogens is 2. The van der Waals surface area contributed by atoms with Crippen molar-refractivity contribution in [1.29, 1.82) is 0 Å². The number of fused-ring (bicyclic) bond motifs is 1. The summed E-state index contributed by atoms with van der Waals surface area (Å²) in [7, 11) is 0. The van der Waals surface area contributed by atoms with E-state index in [2.05, 4.69) is 15.3 Å². The van der Waals surface area contributed by atoms with E-state index in [9.17, 15) is 9.18 Å². The number of nitrogens with one attached hydrogen (secondary N) is 2. The van der Waals surface area contributed by atoms with Crippen molar-refractivity contribution in [2.45, 2.75) is 13.8 Å². The Labute approximate surface area is 144 Å². The molecule has 0 fully saturated rings. The highest BCUT2D eigenvalue weighted by molar-refractivity contribution is 5.97. The third-order valence-electron chi connectivity index (χ3n) is 3.74. The van der Waals surface area contributed by atoms with Crippen LogP contribution in [0.4, 0.5) is 15.8 Å². The van der Waals surface area contributed by atoms with Gasteiger partial charge in [0, 0.05) is 35.1 Å². The lowest BCUT2D eigenvalue weighted by Crippen LogP contribution is -2.00. The molecule has 0 atom stereocenters. The Morgan fingerprint density at radius 3 is 3.00 bits per heavy atom. The molecule has 3 aromatic rings. The number of pyridine rings is 1. The Kier molecular flexibility index (Phi) is 4.79. The lowest BCUT2D eigenvalue weighted by molar-refractivity contribution is -0.137. The summed E-state index contributed by atoms with van der Waals surface area (Å²) in [6.45, 7) is 3.77. The molecule has 0 aliphatic rings. The second-order valence-corrected chi connectivity index (χ2v) is 5.50. The molecule has 0 saturated carbocycles. The van der Waals surface area contributed by atoms with Crippen LogP contribution in [0.2, 0.25) is 0 Å². The number of aromatic amines is 1. The van der Waals surface area contributed by atoms with Gasteiger partial charge in [0.15, 0.2) is 0 Å². The molecule has 0 bridgehead atoms. The van der Waals surface area contributed by atoms with Gasteiger partial charge in [-0.15, -0.1) is 0 Å². The van der Waals surface area contributed by atoms with Crippen LogP contribution in [0.5, 0.6) is 0 Å². The van der Waals surface area contributed by atoms with Crippen LogP contribution in [-0.2, 0) is 9.53 Å². The highest BCUT2D eigenvalue weighted by atomic mass is 19.1. The zero-order chi connectivity index (χ0) is 17.8. The van der Waals surface area contributed by atoms with Crippen molar-refractivity contribution < 1.29 is 13.9 Å². The fourth-order valence-corrected chi connectivity index (χ4v) is 2.45. The molecule has 2 N–H and O–H groups in total. The van der Waals surface area contributed by atoms with Gasteiger partial charge >= 0.3 is 5.97 Å². The topological polar surface area (TPSA) is 67.0 Å². The number of H-pyrrole nitrogens is 1. The first-order valence-electron chi connectivity index (χ1n) is 7.92. The van der Waals surface area contributed by atoms with Crippen LogP contribution >= 0.6 is 0 Å². The fraction of sp³-hybridized carbons (Fsp3) is 0.158. The van der Waals surface area contributed by atoms with E-state index in [1.54, 1.807) is 44.4 Å². The molecule has 25 heavy (non-hydrogen) atoms. The van der Waals surface area contributed by atoms with E-state index in [1.165, 1.54) is 12.1 Å². The van der Waals surface area contributed by atoms with Gasteiger partial charge in [0.2, 0.25) is 0 Å². The van der Waals surface area contributed by atoms with E-state index in [-0.39, 0.29) is 5.82 Å². The second-order valence-electron chi connectivity index (χ2n) is 5.50. The number of hydrogen-bond acceptors (Lipinski definition) is 4. The number of halogens is 1. The quantitative estimate of drug-likeness (QED) is 0.536. The molecule has 0 spiro atoms. The molecule has 0 amide bonds. The van der Waals surface area contributed by atoms with Gasteiger partial charge < -0.3 is 15.0 Å². The van der Waals surface area contributed by atoms with Gasteiger partial charge in [0.25, 0.3) is 0 Å². The molecule has 0 aliphatic heterocycles. The zero-order valence-electron chi connectivity index (χ0n) is 14.0.